The van der Waals surface area contributed by atoms with Crippen LogP contribution in [0.5, 0.6) is 0 Å². The van der Waals surface area contributed by atoms with Gasteiger partial charge >= 0.3 is 5.97 Å². The molecule has 2 amide bonds. The number of rotatable bonds is 8. The minimum Gasteiger partial charge on any atom is -0.464 e. The fraction of sp³-hybridized carbons (Fsp3) is 0.612. The van der Waals surface area contributed by atoms with Gasteiger partial charge in [0, 0.05) is 96.4 Å². The van der Waals surface area contributed by atoms with Crippen LogP contribution < -0.4 is 16.1 Å². The maximum Gasteiger partial charge on any atom is 0.324 e. The zero-order chi connectivity index (χ0) is 44.2. The van der Waals surface area contributed by atoms with E-state index in [0.29, 0.717) is 31.8 Å². The van der Waals surface area contributed by atoms with E-state index in [0.717, 1.165) is 83.3 Å². The number of thiazole rings is 1. The number of hydrogen-bond acceptors (Lipinski definition) is 12. The molecular formula is C49H63N9O5S. The van der Waals surface area contributed by atoms with Gasteiger partial charge in [-0.15, -0.1) is 11.3 Å². The van der Waals surface area contributed by atoms with Crippen LogP contribution in [0.15, 0.2) is 41.9 Å². The van der Waals surface area contributed by atoms with E-state index in [1.807, 2.05) is 12.3 Å². The van der Waals surface area contributed by atoms with Gasteiger partial charge in [0.15, 0.2) is 0 Å². The Balaban J connectivity index is 1.07. The maximum atomic E-state index is 15.1. The Morgan fingerprint density at radius 3 is 2.55 bits per heavy atom. The molecule has 0 radical (unpaired) electrons. The van der Waals surface area contributed by atoms with Crippen LogP contribution in [0.3, 0.4) is 0 Å². The van der Waals surface area contributed by atoms with Crippen molar-refractivity contribution in [2.45, 2.75) is 115 Å². The lowest BCUT2D eigenvalue weighted by atomic mass is 9.78. The fourth-order valence-electron chi connectivity index (χ4n) is 11.4. The number of pyridine rings is 1. The summed E-state index contributed by atoms with van der Waals surface area (Å²) in [6.07, 6.45) is 7.03. The Hall–Kier alpha value is -4.25. The molecule has 2 aliphatic carbocycles. The van der Waals surface area contributed by atoms with Gasteiger partial charge < -0.3 is 24.7 Å². The summed E-state index contributed by atoms with van der Waals surface area (Å²) in [6.45, 7) is 15.7. The molecule has 340 valence electrons. The Labute approximate surface area is 379 Å². The first kappa shape index (κ1) is 42.4. The van der Waals surface area contributed by atoms with E-state index in [4.69, 9.17) is 19.4 Å². The van der Waals surface area contributed by atoms with E-state index in [1.165, 1.54) is 18.4 Å². The van der Waals surface area contributed by atoms with Crippen molar-refractivity contribution in [2.24, 2.45) is 23.2 Å². The largest absolute Gasteiger partial charge is 0.464 e. The van der Waals surface area contributed by atoms with Gasteiger partial charge in [-0.3, -0.25) is 34.2 Å². The molecule has 2 saturated carbocycles. The number of hydrogen-bond donors (Lipinski definition) is 3. The van der Waals surface area contributed by atoms with Gasteiger partial charge in [-0.25, -0.2) is 10.4 Å². The lowest BCUT2D eigenvalue weighted by Crippen LogP contribution is -2.77. The number of methoxy groups -OCH3 is 1. The second kappa shape index (κ2) is 16.0. The third kappa shape index (κ3) is 7.38. The number of cyclic esters (lactones) is 1. The number of esters is 1. The van der Waals surface area contributed by atoms with Gasteiger partial charge in [0.1, 0.15) is 17.1 Å². The van der Waals surface area contributed by atoms with Gasteiger partial charge in [-0.1, -0.05) is 33.8 Å². The standard InChI is InChI=1S/C49H63N9O5S/c1-27-28(2)39(27)44(59)53-41-43(56-24-49(25-56)15-17-51-49)45-52-37(23-64-45)30-11-14-38-34(19-30)35(20-48(4,5)26-63-47(61)36-10-8-18-57(54-36)46(41)60)42(33-9-7-16-50-40(33)29(3)62-6)58(38)32-21-55(22-32)31-12-13-31/h7,9,11,14,16,19,23,27-29,31-32,36,39,41,43,51,54H,8,10,12-13,15,17-18,20-22,24-26H2,1-6H3,(H,53,59)/t27-,28+,29-,36-,39?,41-,43-/m0/s1. The van der Waals surface area contributed by atoms with Crippen LogP contribution in [-0.2, 0) is 30.3 Å². The van der Waals surface area contributed by atoms with Crippen molar-refractivity contribution >= 4 is 40.0 Å². The monoisotopic (exact) mass is 889 g/mol. The Morgan fingerprint density at radius 1 is 1.06 bits per heavy atom. The number of nitrogens with zero attached hydrogens (tertiary/aromatic N) is 6. The number of carbonyl (C=O) groups excluding carboxylic acids is 3. The number of fused-ring (bicyclic) bond motifs is 6. The Morgan fingerprint density at radius 2 is 1.84 bits per heavy atom. The molecule has 11 rings (SSSR count). The average molecular weight is 890 g/mol. The molecule has 6 bridgehead atoms. The Bertz CT molecular complexity index is 2470. The quantitative estimate of drug-likeness (QED) is 0.189. The second-order valence-electron chi connectivity index (χ2n) is 21.0. The number of benzene rings is 1. The average Bonchev–Trinajstić information content (AvgIpc) is 4.09. The highest BCUT2D eigenvalue weighted by Gasteiger charge is 2.55. The normalized spacial score (nSPS) is 29.9. The lowest BCUT2D eigenvalue weighted by molar-refractivity contribution is -0.156. The first-order chi connectivity index (χ1) is 30.8. The molecule has 5 aliphatic heterocycles. The predicted octanol–water partition coefficient (Wildman–Crippen LogP) is 5.65. The fourth-order valence-corrected chi connectivity index (χ4v) is 12.4. The highest BCUT2D eigenvalue weighted by molar-refractivity contribution is 7.10. The van der Waals surface area contributed by atoms with Crippen molar-refractivity contribution < 1.29 is 23.9 Å². The van der Waals surface area contributed by atoms with E-state index < -0.39 is 23.5 Å². The molecule has 6 fully saturated rings. The number of amides is 2. The molecule has 7 aliphatic rings. The van der Waals surface area contributed by atoms with Crippen molar-refractivity contribution in [3.05, 3.63) is 58.2 Å². The van der Waals surface area contributed by atoms with Crippen molar-refractivity contribution in [1.82, 2.24) is 45.4 Å². The SMILES string of the molecule is CO[C@@H](C)c1ncccc1-c1c2c3cc(ccc3n1C1CN(C3CC3)C1)-c1csc(n1)[C@@H](N1CC3(CCN3)C1)[C@H](NC(=O)C1[C@@H](C)[C@H]1C)C(=O)N1CCC[C@H](N1)C(=O)OCC(C)(C)C2. The highest BCUT2D eigenvalue weighted by atomic mass is 32.1. The number of aromatic nitrogens is 3. The summed E-state index contributed by atoms with van der Waals surface area (Å²) in [4.78, 5) is 58.6. The van der Waals surface area contributed by atoms with E-state index in [9.17, 15) is 9.59 Å². The maximum absolute atomic E-state index is 15.1. The molecule has 14 nitrogen and oxygen atoms in total. The number of likely N-dealkylation sites (tertiary alicyclic amines) is 2. The summed E-state index contributed by atoms with van der Waals surface area (Å²) in [6, 6.07) is 9.79. The van der Waals surface area contributed by atoms with E-state index >= 15 is 4.79 Å². The van der Waals surface area contributed by atoms with Gasteiger partial charge in [0.2, 0.25) is 5.91 Å². The number of hydrazine groups is 1. The van der Waals surface area contributed by atoms with Crippen molar-refractivity contribution in [3.8, 4) is 22.5 Å². The summed E-state index contributed by atoms with van der Waals surface area (Å²) >= 11 is 1.55. The number of nitrogens with one attached hydrogen (secondary N) is 3. The molecule has 1 unspecified atom stereocenters. The first-order valence-corrected chi connectivity index (χ1v) is 24.6. The summed E-state index contributed by atoms with van der Waals surface area (Å²) < 4.78 is 14.8. The van der Waals surface area contributed by atoms with Crippen LogP contribution in [0.25, 0.3) is 33.4 Å². The minimum absolute atomic E-state index is 0.0207. The molecule has 4 aromatic rings. The van der Waals surface area contributed by atoms with Gasteiger partial charge in [-0.2, -0.15) is 0 Å². The molecule has 15 heteroatoms. The molecule has 8 heterocycles. The molecule has 64 heavy (non-hydrogen) atoms. The molecule has 3 aromatic heterocycles. The van der Waals surface area contributed by atoms with Crippen LogP contribution in [0.2, 0.25) is 0 Å². The summed E-state index contributed by atoms with van der Waals surface area (Å²) in [5.74, 6) is -0.404. The second-order valence-corrected chi connectivity index (χ2v) is 21.8. The third-order valence-corrected chi connectivity index (χ3v) is 16.8. The van der Waals surface area contributed by atoms with Crippen LogP contribution >= 0.6 is 11.3 Å². The Kier molecular flexibility index (Phi) is 10.6. The third-order valence-electron chi connectivity index (χ3n) is 15.8. The van der Waals surface area contributed by atoms with Crippen molar-refractivity contribution in [2.75, 3.05) is 53.0 Å². The van der Waals surface area contributed by atoms with Crippen molar-refractivity contribution in [3.63, 3.8) is 0 Å². The molecule has 7 atom stereocenters. The predicted molar refractivity (Wildman–Crippen MR) is 245 cm³/mol. The number of ether oxygens (including phenoxy) is 2. The minimum atomic E-state index is -0.921. The van der Waals surface area contributed by atoms with E-state index in [-0.39, 0.29) is 59.8 Å². The van der Waals surface area contributed by atoms with Gasteiger partial charge in [-0.05, 0) is 93.7 Å². The molecule has 3 N–H and O–H groups in total. The summed E-state index contributed by atoms with van der Waals surface area (Å²) in [7, 11) is 1.74. The van der Waals surface area contributed by atoms with Crippen LogP contribution in [0.1, 0.15) is 101 Å². The smallest absolute Gasteiger partial charge is 0.324 e. The molecule has 4 saturated heterocycles. The molecular weight excluding hydrogens is 827 g/mol. The zero-order valence-corrected chi connectivity index (χ0v) is 38.9. The van der Waals surface area contributed by atoms with E-state index in [1.54, 1.807) is 23.5 Å². The number of carbonyl (C=O) groups is 3. The zero-order valence-electron chi connectivity index (χ0n) is 38.1. The molecule has 1 aromatic carbocycles. The van der Waals surface area contributed by atoms with Crippen LogP contribution in [0, 0.1) is 23.2 Å². The lowest BCUT2D eigenvalue weighted by Gasteiger charge is -2.59. The summed E-state index contributed by atoms with van der Waals surface area (Å²) in [5.41, 5.74) is 10.1. The van der Waals surface area contributed by atoms with Gasteiger partial charge in [0.25, 0.3) is 5.91 Å². The van der Waals surface area contributed by atoms with Crippen LogP contribution in [-0.4, -0.2) is 124 Å². The molecule has 1 spiro atoms. The van der Waals surface area contributed by atoms with Gasteiger partial charge in [0.05, 0.1) is 41.9 Å². The van der Waals surface area contributed by atoms with Crippen molar-refractivity contribution in [1.29, 1.82) is 0 Å². The van der Waals surface area contributed by atoms with Crippen LogP contribution in [0.4, 0.5) is 0 Å². The van der Waals surface area contributed by atoms with E-state index in [2.05, 4.69) is 94.7 Å². The first-order valence-electron chi connectivity index (χ1n) is 23.7. The highest BCUT2D eigenvalue weighted by Crippen LogP contribution is 2.48. The topological polar surface area (TPSA) is 146 Å². The summed E-state index contributed by atoms with van der Waals surface area (Å²) in [5, 5.41) is 12.5.